The quantitative estimate of drug-likeness (QED) is 0.786. The third kappa shape index (κ3) is 2.73. The van der Waals surface area contributed by atoms with E-state index in [0.29, 0.717) is 11.3 Å². The molecule has 94 valence electrons. The van der Waals surface area contributed by atoms with Crippen LogP contribution in [0.3, 0.4) is 0 Å². The Bertz CT molecular complexity index is 420. The molecule has 17 heavy (non-hydrogen) atoms. The number of aryl methyl sites for hydroxylation is 1. The lowest BCUT2D eigenvalue weighted by molar-refractivity contribution is -0.138. The standard InChI is InChI=1S/C12H17NO3S/c1-7-4-5-9(17-3)10(11(7)16-2)8(6-13)12(14)15/h4-5,8H,6,13H2,1-3H3,(H,14,15). The molecule has 3 N–H and O–H groups in total. The third-order valence-corrected chi connectivity index (χ3v) is 3.46. The molecule has 4 nitrogen and oxygen atoms in total. The van der Waals surface area contributed by atoms with Crippen LogP contribution in [0.1, 0.15) is 17.0 Å². The van der Waals surface area contributed by atoms with Gasteiger partial charge in [-0.05, 0) is 24.8 Å². The number of nitrogens with two attached hydrogens (primary N) is 1. The molecule has 0 aromatic heterocycles. The highest BCUT2D eigenvalue weighted by molar-refractivity contribution is 7.98. The number of methoxy groups -OCH3 is 1. The van der Waals surface area contributed by atoms with Crippen LogP contribution in [0, 0.1) is 6.92 Å². The first-order valence-corrected chi connectivity index (χ1v) is 6.43. The highest BCUT2D eigenvalue weighted by Crippen LogP contribution is 2.37. The van der Waals surface area contributed by atoms with Crippen molar-refractivity contribution in [1.29, 1.82) is 0 Å². The summed E-state index contributed by atoms with van der Waals surface area (Å²) in [7, 11) is 1.55. The molecule has 0 aliphatic heterocycles. The number of benzene rings is 1. The zero-order chi connectivity index (χ0) is 13.0. The van der Waals surface area contributed by atoms with Gasteiger partial charge in [0.05, 0.1) is 13.0 Å². The first-order chi connectivity index (χ1) is 8.06. The average Bonchev–Trinajstić information content (AvgIpc) is 2.30. The van der Waals surface area contributed by atoms with E-state index in [1.54, 1.807) is 7.11 Å². The predicted octanol–water partition coefficient (Wildman–Crippen LogP) is 1.85. The Morgan fingerprint density at radius 3 is 2.65 bits per heavy atom. The van der Waals surface area contributed by atoms with Gasteiger partial charge < -0.3 is 15.6 Å². The molecular formula is C12H17NO3S. The van der Waals surface area contributed by atoms with Gasteiger partial charge in [-0.25, -0.2) is 0 Å². The second kappa shape index (κ2) is 5.93. The summed E-state index contributed by atoms with van der Waals surface area (Å²) in [5.41, 5.74) is 7.15. The number of ether oxygens (including phenoxy) is 1. The van der Waals surface area contributed by atoms with Crippen molar-refractivity contribution in [3.63, 3.8) is 0 Å². The minimum Gasteiger partial charge on any atom is -0.496 e. The van der Waals surface area contributed by atoms with Crippen molar-refractivity contribution in [1.82, 2.24) is 0 Å². The van der Waals surface area contributed by atoms with Gasteiger partial charge in [-0.3, -0.25) is 4.79 Å². The van der Waals surface area contributed by atoms with Gasteiger partial charge in [-0.2, -0.15) is 0 Å². The van der Waals surface area contributed by atoms with Crippen LogP contribution < -0.4 is 10.5 Å². The van der Waals surface area contributed by atoms with E-state index in [9.17, 15) is 9.90 Å². The second-order valence-corrected chi connectivity index (χ2v) is 4.51. The fourth-order valence-corrected chi connectivity index (χ4v) is 2.47. The number of carboxylic acids is 1. The van der Waals surface area contributed by atoms with E-state index < -0.39 is 11.9 Å². The van der Waals surface area contributed by atoms with Gasteiger partial charge in [0.15, 0.2) is 0 Å². The lowest BCUT2D eigenvalue weighted by Crippen LogP contribution is -2.22. The Morgan fingerprint density at radius 2 is 2.24 bits per heavy atom. The number of carbonyl (C=O) groups is 1. The van der Waals surface area contributed by atoms with E-state index in [4.69, 9.17) is 10.5 Å². The highest BCUT2D eigenvalue weighted by Gasteiger charge is 2.26. The van der Waals surface area contributed by atoms with Crippen molar-refractivity contribution in [2.45, 2.75) is 17.7 Å². The lowest BCUT2D eigenvalue weighted by atomic mass is 9.96. The molecule has 0 aliphatic carbocycles. The van der Waals surface area contributed by atoms with Crippen LogP contribution in [0.4, 0.5) is 0 Å². The first kappa shape index (κ1) is 13.9. The summed E-state index contributed by atoms with van der Waals surface area (Å²) in [4.78, 5) is 12.1. The first-order valence-electron chi connectivity index (χ1n) is 5.21. The zero-order valence-corrected chi connectivity index (χ0v) is 11.0. The third-order valence-electron chi connectivity index (χ3n) is 2.66. The van der Waals surface area contributed by atoms with Crippen molar-refractivity contribution < 1.29 is 14.6 Å². The van der Waals surface area contributed by atoms with Crippen LogP contribution >= 0.6 is 11.8 Å². The SMILES string of the molecule is COc1c(C)ccc(SC)c1C(CN)C(=O)O. The zero-order valence-electron chi connectivity index (χ0n) is 10.2. The minimum absolute atomic E-state index is 0.0582. The molecule has 0 spiro atoms. The Labute approximate surface area is 105 Å². The molecule has 0 fully saturated rings. The van der Waals surface area contributed by atoms with E-state index >= 15 is 0 Å². The topological polar surface area (TPSA) is 72.5 Å². The van der Waals surface area contributed by atoms with E-state index in [1.165, 1.54) is 11.8 Å². The molecule has 0 heterocycles. The highest BCUT2D eigenvalue weighted by atomic mass is 32.2. The number of hydrogen-bond acceptors (Lipinski definition) is 4. The number of thioether (sulfide) groups is 1. The number of rotatable bonds is 5. The number of carboxylic acid groups (broad SMARTS) is 1. The van der Waals surface area contributed by atoms with Gasteiger partial charge in [0, 0.05) is 17.0 Å². The molecule has 0 saturated heterocycles. The molecular weight excluding hydrogens is 238 g/mol. The minimum atomic E-state index is -0.924. The molecule has 1 rings (SSSR count). The smallest absolute Gasteiger partial charge is 0.312 e. The molecule has 0 amide bonds. The summed E-state index contributed by atoms with van der Waals surface area (Å²) in [5.74, 6) is -1.03. The van der Waals surface area contributed by atoms with Crippen molar-refractivity contribution >= 4 is 17.7 Å². The van der Waals surface area contributed by atoms with Crippen molar-refractivity contribution in [3.8, 4) is 5.75 Å². The second-order valence-electron chi connectivity index (χ2n) is 3.66. The molecule has 1 aromatic rings. The van der Waals surface area contributed by atoms with E-state index in [1.807, 2.05) is 25.3 Å². The van der Waals surface area contributed by atoms with Gasteiger partial charge in [-0.15, -0.1) is 11.8 Å². The summed E-state index contributed by atoms with van der Waals surface area (Å²) in [6.45, 7) is 1.95. The lowest BCUT2D eigenvalue weighted by Gasteiger charge is -2.19. The summed E-state index contributed by atoms with van der Waals surface area (Å²) in [6, 6.07) is 3.83. The van der Waals surface area contributed by atoms with Crippen molar-refractivity contribution in [2.24, 2.45) is 5.73 Å². The number of aliphatic carboxylic acids is 1. The van der Waals surface area contributed by atoms with Gasteiger partial charge in [0.25, 0.3) is 0 Å². The molecule has 1 unspecified atom stereocenters. The van der Waals surface area contributed by atoms with Gasteiger partial charge in [0.1, 0.15) is 5.75 Å². The summed E-state index contributed by atoms with van der Waals surface area (Å²) in [5, 5.41) is 9.21. The fraction of sp³-hybridized carbons (Fsp3) is 0.417. The average molecular weight is 255 g/mol. The molecule has 0 radical (unpaired) electrons. The van der Waals surface area contributed by atoms with Crippen LogP contribution in [0.25, 0.3) is 0 Å². The molecule has 5 heteroatoms. The maximum atomic E-state index is 11.2. The van der Waals surface area contributed by atoms with Crippen LogP contribution in [0.15, 0.2) is 17.0 Å². The summed E-state index contributed by atoms with van der Waals surface area (Å²) >= 11 is 1.50. The number of hydrogen-bond donors (Lipinski definition) is 2. The Hall–Kier alpha value is -1.20. The fourth-order valence-electron chi connectivity index (χ4n) is 1.81. The monoisotopic (exact) mass is 255 g/mol. The van der Waals surface area contributed by atoms with E-state index in [-0.39, 0.29) is 6.54 Å². The van der Waals surface area contributed by atoms with Gasteiger partial charge in [0.2, 0.25) is 0 Å². The van der Waals surface area contributed by atoms with E-state index in [2.05, 4.69) is 0 Å². The van der Waals surface area contributed by atoms with Crippen molar-refractivity contribution in [3.05, 3.63) is 23.3 Å². The Morgan fingerprint density at radius 1 is 1.59 bits per heavy atom. The molecule has 0 aliphatic rings. The van der Waals surface area contributed by atoms with Gasteiger partial charge in [-0.1, -0.05) is 6.07 Å². The molecule has 1 atom stereocenters. The normalized spacial score (nSPS) is 12.2. The summed E-state index contributed by atoms with van der Waals surface area (Å²) < 4.78 is 5.32. The predicted molar refractivity (Wildman–Crippen MR) is 68.9 cm³/mol. The summed E-state index contributed by atoms with van der Waals surface area (Å²) in [6.07, 6.45) is 1.91. The van der Waals surface area contributed by atoms with Crippen molar-refractivity contribution in [2.75, 3.05) is 19.9 Å². The molecule has 1 aromatic carbocycles. The maximum absolute atomic E-state index is 11.2. The van der Waals surface area contributed by atoms with Crippen LogP contribution in [-0.4, -0.2) is 31.0 Å². The van der Waals surface area contributed by atoms with E-state index in [0.717, 1.165) is 10.5 Å². The van der Waals surface area contributed by atoms with Crippen LogP contribution in [0.5, 0.6) is 5.75 Å². The van der Waals surface area contributed by atoms with Gasteiger partial charge >= 0.3 is 5.97 Å². The van der Waals surface area contributed by atoms with Crippen LogP contribution in [-0.2, 0) is 4.79 Å². The van der Waals surface area contributed by atoms with Crippen LogP contribution in [0.2, 0.25) is 0 Å². The molecule has 0 saturated carbocycles. The Balaban J connectivity index is 3.45. The Kier molecular flexibility index (Phi) is 4.84. The largest absolute Gasteiger partial charge is 0.496 e. The molecule has 0 bridgehead atoms. The maximum Gasteiger partial charge on any atom is 0.312 e.